The van der Waals surface area contributed by atoms with Gasteiger partial charge in [-0.25, -0.2) is 14.8 Å². The number of amides is 1. The molecule has 0 atom stereocenters. The number of hydroxylamine groups is 1. The molecule has 0 bridgehead atoms. The summed E-state index contributed by atoms with van der Waals surface area (Å²) in [6, 6.07) is 0. The van der Waals surface area contributed by atoms with Crippen LogP contribution in [-0.2, 0) is 4.79 Å². The third-order valence-electron chi connectivity index (χ3n) is 2.74. The Balaban J connectivity index is 2.30. The van der Waals surface area contributed by atoms with E-state index in [1.807, 2.05) is 0 Å². The number of carbonyl (C=O) groups is 2. The van der Waals surface area contributed by atoms with Crippen molar-refractivity contribution in [3.63, 3.8) is 0 Å². The minimum atomic E-state index is -1.20. The molecule has 0 saturated carbocycles. The van der Waals surface area contributed by atoms with Gasteiger partial charge in [-0.05, 0) is 12.8 Å². The molecule has 0 aromatic carbocycles. The fourth-order valence-corrected chi connectivity index (χ4v) is 2.41. The van der Waals surface area contributed by atoms with Crippen molar-refractivity contribution in [1.29, 1.82) is 0 Å². The van der Waals surface area contributed by atoms with Gasteiger partial charge in [0.2, 0.25) is 11.7 Å². The molecular formula is C12H16FN3O5S. The Labute approximate surface area is 128 Å². The second-order valence-corrected chi connectivity index (χ2v) is 5.47. The Kier molecular flexibility index (Phi) is 7.54. The molecule has 22 heavy (non-hydrogen) atoms. The zero-order chi connectivity index (χ0) is 16.5. The number of nitrogens with one attached hydrogen (secondary N) is 2. The average molecular weight is 333 g/mol. The first-order valence-corrected chi connectivity index (χ1v) is 7.56. The first kappa shape index (κ1) is 18.1. The van der Waals surface area contributed by atoms with Gasteiger partial charge in [0, 0.05) is 12.2 Å². The molecule has 0 aliphatic heterocycles. The Bertz CT molecular complexity index is 642. The molecule has 0 fully saturated rings. The van der Waals surface area contributed by atoms with Crippen molar-refractivity contribution in [2.75, 3.05) is 5.75 Å². The molecule has 1 aromatic rings. The summed E-state index contributed by atoms with van der Waals surface area (Å²) in [4.78, 5) is 46.3. The van der Waals surface area contributed by atoms with Crippen LogP contribution in [0.1, 0.15) is 32.1 Å². The van der Waals surface area contributed by atoms with Crippen LogP contribution in [0.5, 0.6) is 0 Å². The minimum absolute atomic E-state index is 0.231. The Morgan fingerprint density at radius 1 is 1.27 bits per heavy atom. The summed E-state index contributed by atoms with van der Waals surface area (Å²) in [7, 11) is 0. The zero-order valence-electron chi connectivity index (χ0n) is 11.6. The van der Waals surface area contributed by atoms with Gasteiger partial charge in [0.1, 0.15) is 0 Å². The maximum atomic E-state index is 13.0. The lowest BCUT2D eigenvalue weighted by molar-refractivity contribution is -0.129. The van der Waals surface area contributed by atoms with Crippen LogP contribution in [0.3, 0.4) is 0 Å². The van der Waals surface area contributed by atoms with Gasteiger partial charge < -0.3 is 0 Å². The molecule has 122 valence electrons. The van der Waals surface area contributed by atoms with E-state index in [0.29, 0.717) is 29.4 Å². The second-order valence-electron chi connectivity index (χ2n) is 4.42. The first-order chi connectivity index (χ1) is 10.5. The number of aromatic nitrogens is 2. The molecule has 10 heteroatoms. The maximum absolute atomic E-state index is 13.0. The topological polar surface area (TPSA) is 121 Å². The number of unbranched alkanes of at least 4 members (excludes halogenated alkanes) is 3. The van der Waals surface area contributed by atoms with Crippen molar-refractivity contribution >= 4 is 22.9 Å². The fourth-order valence-electron chi connectivity index (χ4n) is 1.61. The van der Waals surface area contributed by atoms with Crippen LogP contribution in [0.4, 0.5) is 9.18 Å². The normalized spacial score (nSPS) is 10.5. The lowest BCUT2D eigenvalue weighted by Gasteiger charge is -2.03. The van der Waals surface area contributed by atoms with E-state index in [1.165, 1.54) is 5.48 Å². The van der Waals surface area contributed by atoms with Crippen LogP contribution >= 0.6 is 11.8 Å². The van der Waals surface area contributed by atoms with E-state index in [0.717, 1.165) is 24.6 Å². The van der Waals surface area contributed by atoms with Gasteiger partial charge in [0.05, 0.1) is 6.20 Å². The number of rotatable bonds is 7. The highest BCUT2D eigenvalue weighted by atomic mass is 32.2. The smallest absolute Gasteiger partial charge is 0.289 e. The van der Waals surface area contributed by atoms with E-state index in [1.54, 1.807) is 4.98 Å². The number of nitrogens with zero attached hydrogens (tertiary/aromatic N) is 1. The first-order valence-electron chi connectivity index (χ1n) is 6.57. The SMILES string of the molecule is O=C(CCCCCCSC(=O)n1cc(F)c(=O)[nH]c1=O)NO. The van der Waals surface area contributed by atoms with Crippen LogP contribution in [0.2, 0.25) is 0 Å². The zero-order valence-corrected chi connectivity index (χ0v) is 12.5. The van der Waals surface area contributed by atoms with Gasteiger partial charge in [-0.1, -0.05) is 24.6 Å². The molecule has 1 amide bonds. The number of aromatic amines is 1. The van der Waals surface area contributed by atoms with Gasteiger partial charge in [-0.2, -0.15) is 4.39 Å². The van der Waals surface area contributed by atoms with Gasteiger partial charge >= 0.3 is 5.69 Å². The predicted molar refractivity (Wildman–Crippen MR) is 77.5 cm³/mol. The lowest BCUT2D eigenvalue weighted by Crippen LogP contribution is -2.33. The summed E-state index contributed by atoms with van der Waals surface area (Å²) in [6.07, 6.45) is 3.63. The number of thioether (sulfide) groups is 1. The van der Waals surface area contributed by atoms with Crippen molar-refractivity contribution in [2.45, 2.75) is 32.1 Å². The molecule has 0 unspecified atom stereocenters. The number of hydrogen-bond acceptors (Lipinski definition) is 6. The molecule has 0 radical (unpaired) electrons. The van der Waals surface area contributed by atoms with Crippen molar-refractivity contribution < 1.29 is 19.2 Å². The van der Waals surface area contributed by atoms with Crippen molar-refractivity contribution in [3.8, 4) is 0 Å². The third kappa shape index (κ3) is 5.82. The molecule has 3 N–H and O–H groups in total. The van der Waals surface area contributed by atoms with Crippen LogP contribution < -0.4 is 16.7 Å². The monoisotopic (exact) mass is 333 g/mol. The fraction of sp³-hybridized carbons (Fsp3) is 0.500. The predicted octanol–water partition coefficient (Wildman–Crippen LogP) is 0.833. The Morgan fingerprint density at radius 3 is 2.64 bits per heavy atom. The number of hydrogen-bond donors (Lipinski definition) is 3. The molecule has 0 aliphatic rings. The van der Waals surface area contributed by atoms with Gasteiger partial charge in [0.25, 0.3) is 10.8 Å². The Morgan fingerprint density at radius 2 is 1.95 bits per heavy atom. The summed E-state index contributed by atoms with van der Waals surface area (Å²) < 4.78 is 13.5. The summed E-state index contributed by atoms with van der Waals surface area (Å²) in [6.45, 7) is 0. The molecular weight excluding hydrogens is 317 g/mol. The van der Waals surface area contributed by atoms with E-state index in [4.69, 9.17) is 5.21 Å². The van der Waals surface area contributed by atoms with Crippen LogP contribution in [0.25, 0.3) is 0 Å². The largest absolute Gasteiger partial charge is 0.336 e. The molecule has 1 rings (SSSR count). The molecule has 0 spiro atoms. The van der Waals surface area contributed by atoms with Crippen molar-refractivity contribution in [1.82, 2.24) is 15.0 Å². The van der Waals surface area contributed by atoms with E-state index < -0.39 is 28.2 Å². The van der Waals surface area contributed by atoms with Crippen LogP contribution in [0, 0.1) is 5.82 Å². The highest BCUT2D eigenvalue weighted by Crippen LogP contribution is 2.11. The molecule has 0 saturated heterocycles. The number of H-pyrrole nitrogens is 1. The van der Waals surface area contributed by atoms with Crippen LogP contribution in [0.15, 0.2) is 15.8 Å². The van der Waals surface area contributed by atoms with Gasteiger partial charge in [-0.15, -0.1) is 0 Å². The number of carbonyl (C=O) groups excluding carboxylic acids is 2. The van der Waals surface area contributed by atoms with E-state index >= 15 is 0 Å². The quantitative estimate of drug-likeness (QED) is 0.386. The minimum Gasteiger partial charge on any atom is -0.289 e. The average Bonchev–Trinajstić information content (AvgIpc) is 2.49. The summed E-state index contributed by atoms with van der Waals surface area (Å²) in [5.41, 5.74) is -0.596. The van der Waals surface area contributed by atoms with Crippen LogP contribution in [-0.4, -0.2) is 31.7 Å². The standard InChI is InChI=1S/C12H16FN3O5S/c13-8-7-16(11(19)14-10(8)18)12(20)22-6-4-2-1-3-5-9(17)15-21/h7,21H,1-6H2,(H,15,17)(H,14,18,19). The van der Waals surface area contributed by atoms with E-state index in [9.17, 15) is 23.6 Å². The highest BCUT2D eigenvalue weighted by Gasteiger charge is 2.11. The van der Waals surface area contributed by atoms with Crippen molar-refractivity contribution in [2.24, 2.45) is 0 Å². The third-order valence-corrected chi connectivity index (χ3v) is 3.68. The molecule has 8 nitrogen and oxygen atoms in total. The molecule has 1 aromatic heterocycles. The molecule has 1 heterocycles. The Hall–Kier alpha value is -1.94. The van der Waals surface area contributed by atoms with E-state index in [2.05, 4.69) is 0 Å². The molecule has 0 aliphatic carbocycles. The summed E-state index contributed by atoms with van der Waals surface area (Å²) >= 11 is 0.843. The van der Waals surface area contributed by atoms with Crippen molar-refractivity contribution in [3.05, 3.63) is 32.9 Å². The summed E-state index contributed by atoms with van der Waals surface area (Å²) in [5, 5.41) is 7.62. The lowest BCUT2D eigenvalue weighted by atomic mass is 10.1. The van der Waals surface area contributed by atoms with E-state index in [-0.39, 0.29) is 6.42 Å². The summed E-state index contributed by atoms with van der Waals surface area (Å²) in [5.74, 6) is -1.21. The van der Waals surface area contributed by atoms with Gasteiger partial charge in [0.15, 0.2) is 0 Å². The number of halogens is 1. The highest BCUT2D eigenvalue weighted by molar-refractivity contribution is 8.13. The van der Waals surface area contributed by atoms with Gasteiger partial charge in [-0.3, -0.25) is 24.6 Å². The maximum Gasteiger partial charge on any atom is 0.336 e. The second kappa shape index (κ2) is 9.15.